The Morgan fingerprint density at radius 3 is 2.41 bits per heavy atom. The number of hydrogen-bond acceptors (Lipinski definition) is 6. The lowest BCUT2D eigenvalue weighted by atomic mass is 10.1. The second kappa shape index (κ2) is 7.15. The molecule has 0 spiro atoms. The normalized spacial score (nSPS) is 16.1. The van der Waals surface area contributed by atoms with Crippen LogP contribution in [0.25, 0.3) is 0 Å². The number of amides is 3. The highest BCUT2D eigenvalue weighted by molar-refractivity contribution is 7.99. The van der Waals surface area contributed by atoms with Crippen LogP contribution < -0.4 is 5.73 Å². The summed E-state index contributed by atoms with van der Waals surface area (Å²) in [6.45, 7) is 0.311. The van der Waals surface area contributed by atoms with E-state index in [1.807, 2.05) is 0 Å². The van der Waals surface area contributed by atoms with Crippen LogP contribution in [-0.2, 0) is 11.2 Å². The van der Waals surface area contributed by atoms with E-state index < -0.39 is 0 Å². The molecule has 1 aliphatic carbocycles. The summed E-state index contributed by atoms with van der Waals surface area (Å²) < 4.78 is 2.07. The molecule has 0 radical (unpaired) electrons. The number of nitrogens with two attached hydrogens (primary N) is 1. The quantitative estimate of drug-likeness (QED) is 0.543. The number of rotatable bonds is 8. The molecule has 3 amide bonds. The molecule has 8 nitrogen and oxygen atoms in total. The minimum absolute atomic E-state index is 0.241. The number of nitrogens with zero attached hydrogens (tertiary/aromatic N) is 4. The number of carbonyl (C=O) groups excluding carboxylic acids is 3. The number of fused-ring (bicyclic) bond motifs is 1. The third kappa shape index (κ3) is 3.46. The van der Waals surface area contributed by atoms with Crippen LogP contribution in [0.15, 0.2) is 29.4 Å². The lowest BCUT2D eigenvalue weighted by Gasteiger charge is -2.13. The van der Waals surface area contributed by atoms with Crippen molar-refractivity contribution in [1.29, 1.82) is 0 Å². The van der Waals surface area contributed by atoms with E-state index in [-0.39, 0.29) is 24.1 Å². The van der Waals surface area contributed by atoms with Gasteiger partial charge in [0.05, 0.1) is 11.1 Å². The number of imide groups is 1. The molecule has 0 unspecified atom stereocenters. The molecule has 1 aromatic carbocycles. The van der Waals surface area contributed by atoms with Crippen molar-refractivity contribution in [2.45, 2.75) is 36.9 Å². The van der Waals surface area contributed by atoms with E-state index in [0.29, 0.717) is 35.9 Å². The van der Waals surface area contributed by atoms with E-state index in [0.717, 1.165) is 23.8 Å². The summed E-state index contributed by atoms with van der Waals surface area (Å²) in [6, 6.07) is 7.24. The van der Waals surface area contributed by atoms with Gasteiger partial charge in [-0.3, -0.25) is 19.3 Å². The minimum atomic E-state index is -0.361. The number of aryl methyl sites for hydroxylation is 1. The molecule has 0 saturated heterocycles. The average Bonchev–Trinajstić information content (AvgIpc) is 3.37. The number of thioether (sulfide) groups is 1. The van der Waals surface area contributed by atoms with Crippen molar-refractivity contribution in [3.63, 3.8) is 0 Å². The van der Waals surface area contributed by atoms with Crippen molar-refractivity contribution < 1.29 is 14.4 Å². The maximum atomic E-state index is 12.4. The summed E-state index contributed by atoms with van der Waals surface area (Å²) in [5.74, 6) is 0.440. The molecule has 1 aliphatic heterocycles. The molecule has 2 N–H and O–H groups in total. The number of hydrogen-bond donors (Lipinski definition) is 1. The first-order chi connectivity index (χ1) is 13.1. The summed E-state index contributed by atoms with van der Waals surface area (Å²) in [6.07, 6.45) is 2.84. The Labute approximate surface area is 160 Å². The van der Waals surface area contributed by atoms with E-state index in [1.165, 1.54) is 16.7 Å². The van der Waals surface area contributed by atoms with Crippen molar-refractivity contribution in [3.05, 3.63) is 41.2 Å². The molecule has 1 fully saturated rings. The fourth-order valence-corrected chi connectivity index (χ4v) is 4.13. The lowest BCUT2D eigenvalue weighted by molar-refractivity contribution is -0.118. The second-order valence-corrected chi connectivity index (χ2v) is 7.68. The maximum Gasteiger partial charge on any atom is 0.261 e. The molecule has 0 bridgehead atoms. The number of aromatic nitrogens is 3. The third-order valence-corrected chi connectivity index (χ3v) is 5.59. The predicted octanol–water partition coefficient (Wildman–Crippen LogP) is 1.42. The fraction of sp³-hybridized carbons (Fsp3) is 0.389. The first kappa shape index (κ1) is 17.7. The topological polar surface area (TPSA) is 111 Å². The van der Waals surface area contributed by atoms with Crippen LogP contribution in [0.4, 0.5) is 0 Å². The van der Waals surface area contributed by atoms with Crippen molar-refractivity contribution in [3.8, 4) is 0 Å². The Kier molecular flexibility index (Phi) is 4.69. The van der Waals surface area contributed by atoms with Gasteiger partial charge in [0.1, 0.15) is 5.82 Å². The highest BCUT2D eigenvalue weighted by Crippen LogP contribution is 2.39. The van der Waals surface area contributed by atoms with Gasteiger partial charge >= 0.3 is 0 Å². The van der Waals surface area contributed by atoms with E-state index >= 15 is 0 Å². The van der Waals surface area contributed by atoms with E-state index in [4.69, 9.17) is 5.73 Å². The van der Waals surface area contributed by atoms with Gasteiger partial charge in [0.15, 0.2) is 5.16 Å². The number of benzene rings is 1. The molecule has 2 heterocycles. The van der Waals surface area contributed by atoms with Crippen LogP contribution in [0.2, 0.25) is 0 Å². The van der Waals surface area contributed by atoms with Crippen LogP contribution in [0.5, 0.6) is 0 Å². The minimum Gasteiger partial charge on any atom is -0.370 e. The Hall–Kier alpha value is -2.68. The monoisotopic (exact) mass is 385 g/mol. The molecule has 9 heteroatoms. The Bertz CT molecular complexity index is 886. The Morgan fingerprint density at radius 2 is 1.81 bits per heavy atom. The van der Waals surface area contributed by atoms with E-state index in [9.17, 15) is 14.4 Å². The summed E-state index contributed by atoms with van der Waals surface area (Å²) >= 11 is 1.47. The van der Waals surface area contributed by atoms with Crippen LogP contribution in [-0.4, -0.2) is 49.7 Å². The van der Waals surface area contributed by atoms with Gasteiger partial charge in [-0.1, -0.05) is 23.9 Å². The van der Waals surface area contributed by atoms with E-state index in [1.54, 1.807) is 24.3 Å². The standard InChI is InChI=1S/C18H19N5O3S/c19-14(24)7-8-15-20-21-18(23(15)11-5-6-11)27-10-9-22-16(25)12-3-1-2-4-13(12)17(22)26/h1-4,11H,5-10H2,(H2,19,24). The average molecular weight is 385 g/mol. The molecular weight excluding hydrogens is 366 g/mol. The molecule has 4 rings (SSSR count). The molecule has 2 aromatic rings. The highest BCUT2D eigenvalue weighted by atomic mass is 32.2. The summed E-state index contributed by atoms with van der Waals surface area (Å²) in [5.41, 5.74) is 6.15. The third-order valence-electron chi connectivity index (χ3n) is 4.67. The SMILES string of the molecule is NC(=O)CCc1nnc(SCCN2C(=O)c3ccccc3C2=O)n1C1CC1. The van der Waals surface area contributed by atoms with Crippen LogP contribution in [0.3, 0.4) is 0 Å². The van der Waals surface area contributed by atoms with Gasteiger partial charge in [0, 0.05) is 31.2 Å². The molecule has 1 aromatic heterocycles. The van der Waals surface area contributed by atoms with Crippen LogP contribution in [0, 0.1) is 0 Å². The van der Waals surface area contributed by atoms with Gasteiger partial charge in [-0.05, 0) is 25.0 Å². The zero-order valence-electron chi connectivity index (χ0n) is 14.6. The van der Waals surface area contributed by atoms with Gasteiger partial charge in [0.2, 0.25) is 5.91 Å². The van der Waals surface area contributed by atoms with E-state index in [2.05, 4.69) is 14.8 Å². The molecule has 140 valence electrons. The van der Waals surface area contributed by atoms with Crippen molar-refractivity contribution in [1.82, 2.24) is 19.7 Å². The highest BCUT2D eigenvalue weighted by Gasteiger charge is 2.35. The molecule has 2 aliphatic rings. The van der Waals surface area contributed by atoms with Crippen molar-refractivity contribution >= 4 is 29.5 Å². The van der Waals surface area contributed by atoms with Gasteiger partial charge in [-0.15, -0.1) is 10.2 Å². The first-order valence-electron chi connectivity index (χ1n) is 8.86. The Morgan fingerprint density at radius 1 is 1.15 bits per heavy atom. The number of carbonyl (C=O) groups is 3. The largest absolute Gasteiger partial charge is 0.370 e. The summed E-state index contributed by atoms with van der Waals surface area (Å²) in [4.78, 5) is 37.1. The molecule has 1 saturated carbocycles. The second-order valence-electron chi connectivity index (χ2n) is 6.62. The van der Waals surface area contributed by atoms with Gasteiger partial charge in [-0.2, -0.15) is 0 Å². The smallest absolute Gasteiger partial charge is 0.261 e. The fourth-order valence-electron chi connectivity index (χ4n) is 3.18. The van der Waals surface area contributed by atoms with Gasteiger partial charge in [-0.25, -0.2) is 0 Å². The number of primary amides is 1. The first-order valence-corrected chi connectivity index (χ1v) is 9.85. The maximum absolute atomic E-state index is 12.4. The molecular formula is C18H19N5O3S. The van der Waals surface area contributed by atoms with Crippen LogP contribution >= 0.6 is 11.8 Å². The van der Waals surface area contributed by atoms with Gasteiger partial charge in [0.25, 0.3) is 11.8 Å². The Balaban J connectivity index is 1.41. The summed E-state index contributed by atoms with van der Waals surface area (Å²) in [7, 11) is 0. The zero-order valence-corrected chi connectivity index (χ0v) is 15.4. The molecule has 0 atom stereocenters. The van der Waals surface area contributed by atoms with Crippen molar-refractivity contribution in [2.24, 2.45) is 5.73 Å². The van der Waals surface area contributed by atoms with Crippen LogP contribution in [0.1, 0.15) is 51.8 Å². The lowest BCUT2D eigenvalue weighted by Crippen LogP contribution is -2.31. The predicted molar refractivity (Wildman–Crippen MR) is 98.3 cm³/mol. The summed E-state index contributed by atoms with van der Waals surface area (Å²) in [5, 5.41) is 9.19. The molecule has 27 heavy (non-hydrogen) atoms. The van der Waals surface area contributed by atoms with Gasteiger partial charge < -0.3 is 10.3 Å². The van der Waals surface area contributed by atoms with Crippen molar-refractivity contribution in [2.75, 3.05) is 12.3 Å². The zero-order chi connectivity index (χ0) is 19.0.